The van der Waals surface area contributed by atoms with Crippen molar-refractivity contribution in [2.45, 2.75) is 39.2 Å². The van der Waals surface area contributed by atoms with Gasteiger partial charge in [-0.3, -0.25) is 14.5 Å². The van der Waals surface area contributed by atoms with Crippen molar-refractivity contribution < 1.29 is 9.59 Å². The Hall–Kier alpha value is -3.03. The van der Waals surface area contributed by atoms with Crippen LogP contribution in [0.15, 0.2) is 24.3 Å². The molecular weight excluding hydrogens is 344 g/mol. The summed E-state index contributed by atoms with van der Waals surface area (Å²) in [5.74, 6) is 0.0427. The van der Waals surface area contributed by atoms with Gasteiger partial charge >= 0.3 is 0 Å². The Morgan fingerprint density at radius 3 is 2.30 bits per heavy atom. The Kier molecular flexibility index (Phi) is 4.47. The van der Waals surface area contributed by atoms with Crippen molar-refractivity contribution in [1.82, 2.24) is 19.9 Å². The molecule has 8 nitrogen and oxygen atoms in total. The topological polar surface area (TPSA) is 114 Å². The zero-order valence-electron chi connectivity index (χ0n) is 15.2. The summed E-state index contributed by atoms with van der Waals surface area (Å²) in [6.45, 7) is 2.03. The molecule has 1 saturated carbocycles. The molecule has 1 saturated heterocycles. The third kappa shape index (κ3) is 3.47. The Labute approximate surface area is 157 Å². The van der Waals surface area contributed by atoms with Crippen molar-refractivity contribution in [3.05, 3.63) is 35.7 Å². The molecule has 2 aromatic rings. The van der Waals surface area contributed by atoms with Crippen LogP contribution in [0.4, 0.5) is 17.6 Å². The van der Waals surface area contributed by atoms with Crippen molar-refractivity contribution in [3.8, 4) is 0 Å². The molecule has 2 atom stereocenters. The molecule has 2 fully saturated rings. The van der Waals surface area contributed by atoms with E-state index in [0.29, 0.717) is 5.82 Å². The lowest BCUT2D eigenvalue weighted by atomic mass is 9.81. The molecule has 0 unspecified atom stereocenters. The van der Waals surface area contributed by atoms with E-state index in [2.05, 4.69) is 20.3 Å². The second-order valence-electron chi connectivity index (χ2n) is 7.18. The molecule has 0 bridgehead atoms. The SMILES string of the molecule is Cc1ccc(Nc2nc(N)nc(CN3C(=O)[C@H]4CCCC[C@@H]4C3=O)n2)cc1. The summed E-state index contributed by atoms with van der Waals surface area (Å²) < 4.78 is 0. The third-order valence-electron chi connectivity index (χ3n) is 5.24. The average molecular weight is 366 g/mol. The van der Waals surface area contributed by atoms with Crippen LogP contribution in [0.2, 0.25) is 0 Å². The summed E-state index contributed by atoms with van der Waals surface area (Å²) >= 11 is 0. The maximum atomic E-state index is 12.6. The highest BCUT2D eigenvalue weighted by Gasteiger charge is 2.48. The summed E-state index contributed by atoms with van der Waals surface area (Å²) in [5, 5.41) is 3.08. The number of anilines is 3. The van der Waals surface area contributed by atoms with E-state index in [9.17, 15) is 9.59 Å². The molecule has 2 aliphatic rings. The summed E-state index contributed by atoms with van der Waals surface area (Å²) in [6.07, 6.45) is 3.56. The van der Waals surface area contributed by atoms with E-state index in [-0.39, 0.29) is 42.1 Å². The van der Waals surface area contributed by atoms with E-state index >= 15 is 0 Å². The van der Waals surface area contributed by atoms with Gasteiger partial charge in [0.2, 0.25) is 23.7 Å². The van der Waals surface area contributed by atoms with Gasteiger partial charge in [0, 0.05) is 5.69 Å². The highest BCUT2D eigenvalue weighted by molar-refractivity contribution is 6.05. The van der Waals surface area contributed by atoms with Crippen molar-refractivity contribution in [1.29, 1.82) is 0 Å². The zero-order chi connectivity index (χ0) is 19.0. The van der Waals surface area contributed by atoms with E-state index in [1.165, 1.54) is 4.90 Å². The van der Waals surface area contributed by atoms with Crippen LogP contribution in [0, 0.1) is 18.8 Å². The Bertz CT molecular complexity index is 858. The number of aromatic nitrogens is 3. The number of nitrogens with zero attached hydrogens (tertiary/aromatic N) is 4. The average Bonchev–Trinajstić information content (AvgIpc) is 2.89. The molecule has 1 aliphatic carbocycles. The number of nitrogens with one attached hydrogen (secondary N) is 1. The van der Waals surface area contributed by atoms with Gasteiger partial charge in [-0.15, -0.1) is 0 Å². The van der Waals surface area contributed by atoms with Crippen molar-refractivity contribution in [2.24, 2.45) is 11.8 Å². The molecule has 3 N–H and O–H groups in total. The summed E-state index contributed by atoms with van der Waals surface area (Å²) in [6, 6.07) is 7.76. The first-order chi connectivity index (χ1) is 13.0. The van der Waals surface area contributed by atoms with Gasteiger partial charge in [0.25, 0.3) is 0 Å². The fourth-order valence-corrected chi connectivity index (χ4v) is 3.86. The molecule has 1 aliphatic heterocycles. The predicted octanol–water partition coefficient (Wildman–Crippen LogP) is 2.18. The van der Waals surface area contributed by atoms with Gasteiger partial charge in [-0.2, -0.15) is 15.0 Å². The summed E-state index contributed by atoms with van der Waals surface area (Å²) in [4.78, 5) is 39.1. The monoisotopic (exact) mass is 366 g/mol. The Balaban J connectivity index is 1.54. The Morgan fingerprint density at radius 2 is 1.67 bits per heavy atom. The van der Waals surface area contributed by atoms with E-state index < -0.39 is 0 Å². The molecule has 1 aromatic heterocycles. The Morgan fingerprint density at radius 1 is 1.04 bits per heavy atom. The molecule has 2 amide bonds. The van der Waals surface area contributed by atoms with Crippen LogP contribution in [0.25, 0.3) is 0 Å². The molecule has 27 heavy (non-hydrogen) atoms. The molecule has 0 radical (unpaired) electrons. The number of carbonyl (C=O) groups is 2. The number of fused-ring (bicyclic) bond motifs is 1. The number of likely N-dealkylation sites (tertiary alicyclic amines) is 1. The van der Waals surface area contributed by atoms with Gasteiger partial charge in [0.05, 0.1) is 18.4 Å². The number of amides is 2. The molecule has 8 heteroatoms. The summed E-state index contributed by atoms with van der Waals surface area (Å²) in [5.41, 5.74) is 7.77. The minimum atomic E-state index is -0.185. The number of carbonyl (C=O) groups excluding carboxylic acids is 2. The number of benzene rings is 1. The fourth-order valence-electron chi connectivity index (χ4n) is 3.86. The van der Waals surface area contributed by atoms with Crippen molar-refractivity contribution >= 4 is 29.4 Å². The quantitative estimate of drug-likeness (QED) is 0.797. The van der Waals surface area contributed by atoms with E-state index in [0.717, 1.165) is 36.9 Å². The molecule has 1 aromatic carbocycles. The van der Waals surface area contributed by atoms with Crippen LogP contribution in [0.1, 0.15) is 37.1 Å². The predicted molar refractivity (Wildman–Crippen MR) is 99.7 cm³/mol. The standard InChI is InChI=1S/C19H22N6O2/c1-11-6-8-12(9-7-11)21-19-23-15(22-18(20)24-19)10-25-16(26)13-4-2-3-5-14(13)17(25)27/h6-9,13-14H,2-5,10H2,1H3,(H3,20,21,22,23,24)/t13-,14-/m0/s1. The van der Waals surface area contributed by atoms with Gasteiger partial charge in [-0.05, 0) is 31.9 Å². The lowest BCUT2D eigenvalue weighted by molar-refractivity contribution is -0.140. The van der Waals surface area contributed by atoms with Gasteiger partial charge in [-0.25, -0.2) is 0 Å². The van der Waals surface area contributed by atoms with Crippen LogP contribution in [-0.4, -0.2) is 31.7 Å². The molecule has 2 heterocycles. The normalized spacial score (nSPS) is 22.0. The number of rotatable bonds is 4. The molecular formula is C19H22N6O2. The van der Waals surface area contributed by atoms with Crippen molar-refractivity contribution in [3.63, 3.8) is 0 Å². The lowest BCUT2D eigenvalue weighted by Gasteiger charge is -2.19. The number of hydrogen-bond acceptors (Lipinski definition) is 7. The van der Waals surface area contributed by atoms with Gasteiger partial charge in [0.15, 0.2) is 5.82 Å². The first-order valence-corrected chi connectivity index (χ1v) is 9.20. The first kappa shape index (κ1) is 17.4. The fraction of sp³-hybridized carbons (Fsp3) is 0.421. The van der Waals surface area contributed by atoms with Gasteiger partial charge < -0.3 is 11.1 Å². The minimum absolute atomic E-state index is 0.0277. The highest BCUT2D eigenvalue weighted by atomic mass is 16.2. The molecule has 140 valence electrons. The maximum Gasteiger partial charge on any atom is 0.233 e. The number of nitrogen functional groups attached to an aromatic ring is 1. The van der Waals surface area contributed by atoms with E-state index in [1.807, 2.05) is 31.2 Å². The lowest BCUT2D eigenvalue weighted by Crippen LogP contribution is -2.31. The van der Waals surface area contributed by atoms with Crippen LogP contribution in [0.3, 0.4) is 0 Å². The van der Waals surface area contributed by atoms with E-state index in [1.54, 1.807) is 0 Å². The van der Waals surface area contributed by atoms with Crippen LogP contribution >= 0.6 is 0 Å². The van der Waals surface area contributed by atoms with Crippen LogP contribution < -0.4 is 11.1 Å². The maximum absolute atomic E-state index is 12.6. The number of imide groups is 1. The summed E-state index contributed by atoms with van der Waals surface area (Å²) in [7, 11) is 0. The molecule has 0 spiro atoms. The van der Waals surface area contributed by atoms with Crippen LogP contribution in [0.5, 0.6) is 0 Å². The molecule has 4 rings (SSSR count). The van der Waals surface area contributed by atoms with Crippen LogP contribution in [-0.2, 0) is 16.1 Å². The number of aryl methyl sites for hydroxylation is 1. The first-order valence-electron chi connectivity index (χ1n) is 9.20. The van der Waals surface area contributed by atoms with Gasteiger partial charge in [0.1, 0.15) is 0 Å². The second-order valence-corrected chi connectivity index (χ2v) is 7.18. The van der Waals surface area contributed by atoms with Crippen molar-refractivity contribution in [2.75, 3.05) is 11.1 Å². The number of nitrogens with two attached hydrogens (primary N) is 1. The smallest absolute Gasteiger partial charge is 0.233 e. The second kappa shape index (κ2) is 6.94. The highest BCUT2D eigenvalue weighted by Crippen LogP contribution is 2.38. The largest absolute Gasteiger partial charge is 0.368 e. The van der Waals surface area contributed by atoms with E-state index in [4.69, 9.17) is 5.73 Å². The number of hydrogen-bond donors (Lipinski definition) is 2. The third-order valence-corrected chi connectivity index (χ3v) is 5.24. The van der Waals surface area contributed by atoms with Gasteiger partial charge in [-0.1, -0.05) is 30.5 Å². The zero-order valence-corrected chi connectivity index (χ0v) is 15.2. The minimum Gasteiger partial charge on any atom is -0.368 e.